The maximum Gasteiger partial charge on any atom is 0.397 e. The predicted molar refractivity (Wildman–Crippen MR) is 53.7 cm³/mol. The Morgan fingerprint density at radius 2 is 1.79 bits per heavy atom. The number of hydrogen-bond donors (Lipinski definition) is 0. The summed E-state index contributed by atoms with van der Waals surface area (Å²) in [5.74, 6) is -1.03. The van der Waals surface area contributed by atoms with Gasteiger partial charge in [-0.15, -0.1) is 0 Å². The topological polar surface area (TPSA) is 46.6 Å². The van der Waals surface area contributed by atoms with E-state index >= 15 is 0 Å². The largest absolute Gasteiger partial charge is 0.459 e. The van der Waals surface area contributed by atoms with E-state index in [0.717, 1.165) is 0 Å². The smallest absolute Gasteiger partial charge is 0.397 e. The van der Waals surface area contributed by atoms with Gasteiger partial charge in [-0.3, -0.25) is 4.79 Å². The van der Waals surface area contributed by atoms with Crippen molar-refractivity contribution in [1.29, 1.82) is 0 Å². The van der Waals surface area contributed by atoms with Gasteiger partial charge in [-0.25, -0.2) is 4.79 Å². The lowest BCUT2D eigenvalue weighted by molar-refractivity contribution is -0.160. The first-order valence-corrected chi connectivity index (χ1v) is 4.85. The second kappa shape index (κ2) is 5.62. The number of likely N-dealkylation sites (N-methyl/N-ethyl adjacent to an activating group) is 1. The zero-order valence-corrected chi connectivity index (χ0v) is 9.53. The van der Waals surface area contributed by atoms with Crippen LogP contribution in [0.15, 0.2) is 0 Å². The first-order chi connectivity index (χ1) is 6.41. The molecule has 4 nitrogen and oxygen atoms in total. The minimum absolute atomic E-state index is 0.0342. The van der Waals surface area contributed by atoms with Gasteiger partial charge in [-0.1, -0.05) is 13.8 Å². The Balaban J connectivity index is 4.31. The number of ether oxygens (including phenoxy) is 1. The van der Waals surface area contributed by atoms with E-state index in [4.69, 9.17) is 0 Å². The average Bonchev–Trinajstić information content (AvgIpc) is 2.14. The van der Waals surface area contributed by atoms with Crippen LogP contribution in [0.2, 0.25) is 0 Å². The molecule has 0 aliphatic heterocycles. The number of carbonyl (C=O) groups excluding carboxylic acids is 2. The highest BCUT2D eigenvalue weighted by Crippen LogP contribution is 2.08. The molecule has 0 saturated carbocycles. The minimum Gasteiger partial charge on any atom is -0.459 e. The fourth-order valence-electron chi connectivity index (χ4n) is 0.969. The van der Waals surface area contributed by atoms with Crippen LogP contribution in [0.1, 0.15) is 27.7 Å². The highest BCUT2D eigenvalue weighted by molar-refractivity contribution is 6.32. The normalized spacial score (nSPS) is 12.4. The summed E-state index contributed by atoms with van der Waals surface area (Å²) in [5.41, 5.74) is 0. The summed E-state index contributed by atoms with van der Waals surface area (Å²) < 4.78 is 4.62. The minimum atomic E-state index is -0.775. The Morgan fingerprint density at radius 3 is 2.14 bits per heavy atom. The molecule has 0 aromatic heterocycles. The summed E-state index contributed by atoms with van der Waals surface area (Å²) in [4.78, 5) is 23.9. The van der Waals surface area contributed by atoms with Crippen LogP contribution in [0.3, 0.4) is 0 Å². The van der Waals surface area contributed by atoms with Gasteiger partial charge in [0.05, 0.1) is 6.61 Å². The van der Waals surface area contributed by atoms with E-state index < -0.39 is 11.9 Å². The van der Waals surface area contributed by atoms with Crippen molar-refractivity contribution < 1.29 is 14.3 Å². The molecule has 0 fully saturated rings. The highest BCUT2D eigenvalue weighted by atomic mass is 16.5. The molecule has 0 spiro atoms. The Hall–Kier alpha value is -1.06. The lowest BCUT2D eigenvalue weighted by Crippen LogP contribution is -2.42. The van der Waals surface area contributed by atoms with Gasteiger partial charge in [-0.2, -0.15) is 0 Å². The SMILES string of the molecule is CCOC(=O)C(=O)N(C)C(C)C(C)C. The molecule has 1 atom stereocenters. The molecule has 1 unspecified atom stereocenters. The van der Waals surface area contributed by atoms with E-state index in [9.17, 15) is 9.59 Å². The number of nitrogens with zero attached hydrogens (tertiary/aromatic N) is 1. The van der Waals surface area contributed by atoms with Crippen molar-refractivity contribution in [3.05, 3.63) is 0 Å². The Morgan fingerprint density at radius 1 is 1.29 bits per heavy atom. The van der Waals surface area contributed by atoms with Gasteiger partial charge in [0.15, 0.2) is 0 Å². The number of esters is 1. The van der Waals surface area contributed by atoms with Crippen molar-refractivity contribution in [1.82, 2.24) is 4.90 Å². The third-order valence-corrected chi connectivity index (χ3v) is 2.35. The first-order valence-electron chi connectivity index (χ1n) is 4.85. The van der Waals surface area contributed by atoms with Gasteiger partial charge in [0, 0.05) is 13.1 Å². The molecule has 0 aliphatic carbocycles. The quantitative estimate of drug-likeness (QED) is 0.506. The number of amides is 1. The third kappa shape index (κ3) is 3.36. The summed E-state index contributed by atoms with van der Waals surface area (Å²) in [5, 5.41) is 0. The summed E-state index contributed by atoms with van der Waals surface area (Å²) >= 11 is 0. The molecule has 0 radical (unpaired) electrons. The van der Waals surface area contributed by atoms with Crippen LogP contribution in [0, 0.1) is 5.92 Å². The third-order valence-electron chi connectivity index (χ3n) is 2.35. The van der Waals surface area contributed by atoms with E-state index in [0.29, 0.717) is 5.92 Å². The van der Waals surface area contributed by atoms with Crippen LogP contribution in [-0.4, -0.2) is 36.5 Å². The molecule has 4 heteroatoms. The lowest BCUT2D eigenvalue weighted by Gasteiger charge is -2.26. The second-order valence-corrected chi connectivity index (χ2v) is 3.62. The Bertz CT molecular complexity index is 213. The number of rotatable bonds is 3. The van der Waals surface area contributed by atoms with Crippen LogP contribution in [0.5, 0.6) is 0 Å². The molecular formula is C10H19NO3. The van der Waals surface area contributed by atoms with Crippen LogP contribution in [-0.2, 0) is 14.3 Å². The van der Waals surface area contributed by atoms with Crippen LogP contribution in [0.4, 0.5) is 0 Å². The molecule has 0 bridgehead atoms. The molecule has 0 aliphatic rings. The molecule has 0 aromatic rings. The van der Waals surface area contributed by atoms with Gasteiger partial charge < -0.3 is 9.64 Å². The van der Waals surface area contributed by atoms with Gasteiger partial charge in [0.1, 0.15) is 0 Å². The van der Waals surface area contributed by atoms with E-state index in [1.807, 2.05) is 20.8 Å². The average molecular weight is 201 g/mol. The monoisotopic (exact) mass is 201 g/mol. The number of carbonyl (C=O) groups is 2. The molecule has 0 heterocycles. The van der Waals surface area contributed by atoms with Crippen molar-refractivity contribution in [2.24, 2.45) is 5.92 Å². The van der Waals surface area contributed by atoms with Crippen molar-refractivity contribution >= 4 is 11.9 Å². The van der Waals surface area contributed by atoms with Gasteiger partial charge in [0.25, 0.3) is 0 Å². The maximum absolute atomic E-state index is 11.4. The first kappa shape index (κ1) is 12.9. The zero-order chi connectivity index (χ0) is 11.3. The molecule has 0 rings (SSSR count). The van der Waals surface area contributed by atoms with E-state index in [1.54, 1.807) is 14.0 Å². The standard InChI is InChI=1S/C10H19NO3/c1-6-14-10(13)9(12)11(5)8(4)7(2)3/h7-8H,6H2,1-5H3. The van der Waals surface area contributed by atoms with Crippen LogP contribution in [0.25, 0.3) is 0 Å². The summed E-state index contributed by atoms with van der Waals surface area (Å²) in [6, 6.07) is 0.0342. The summed E-state index contributed by atoms with van der Waals surface area (Å²) in [6.07, 6.45) is 0. The molecule has 1 amide bonds. The van der Waals surface area contributed by atoms with Crippen molar-refractivity contribution in [3.63, 3.8) is 0 Å². The summed E-state index contributed by atoms with van der Waals surface area (Å²) in [7, 11) is 1.62. The van der Waals surface area contributed by atoms with E-state index in [1.165, 1.54) is 4.90 Å². The lowest BCUT2D eigenvalue weighted by atomic mass is 10.1. The van der Waals surface area contributed by atoms with Gasteiger partial charge in [-0.05, 0) is 19.8 Å². The predicted octanol–water partition coefficient (Wildman–Crippen LogP) is 1.05. The highest BCUT2D eigenvalue weighted by Gasteiger charge is 2.25. The van der Waals surface area contributed by atoms with Gasteiger partial charge in [0.2, 0.25) is 0 Å². The molecule has 0 N–H and O–H groups in total. The fraction of sp³-hybridized carbons (Fsp3) is 0.800. The van der Waals surface area contributed by atoms with E-state index in [2.05, 4.69) is 4.74 Å². The van der Waals surface area contributed by atoms with Crippen molar-refractivity contribution in [2.75, 3.05) is 13.7 Å². The van der Waals surface area contributed by atoms with Gasteiger partial charge >= 0.3 is 11.9 Å². The van der Waals surface area contributed by atoms with Crippen LogP contribution >= 0.6 is 0 Å². The molecule has 14 heavy (non-hydrogen) atoms. The molecule has 0 aromatic carbocycles. The maximum atomic E-state index is 11.4. The summed E-state index contributed by atoms with van der Waals surface area (Å²) in [6.45, 7) is 7.81. The van der Waals surface area contributed by atoms with Crippen LogP contribution < -0.4 is 0 Å². The van der Waals surface area contributed by atoms with E-state index in [-0.39, 0.29) is 12.6 Å². The fourth-order valence-corrected chi connectivity index (χ4v) is 0.969. The molecule has 0 saturated heterocycles. The van der Waals surface area contributed by atoms with Crippen molar-refractivity contribution in [3.8, 4) is 0 Å². The van der Waals surface area contributed by atoms with Crippen molar-refractivity contribution in [2.45, 2.75) is 33.7 Å². The number of hydrogen-bond acceptors (Lipinski definition) is 3. The molecule has 82 valence electrons. The molecular weight excluding hydrogens is 182 g/mol. The Labute approximate surface area is 85.2 Å². The Kier molecular flexibility index (Phi) is 5.20. The zero-order valence-electron chi connectivity index (χ0n) is 9.53. The second-order valence-electron chi connectivity index (χ2n) is 3.62.